The molecule has 0 spiro atoms. The molecule has 2 atom stereocenters. The van der Waals surface area contributed by atoms with Crippen molar-refractivity contribution in [1.82, 2.24) is 4.57 Å². The maximum atomic E-state index is 16.2. The third-order valence-electron chi connectivity index (χ3n) is 6.60. The Hall–Kier alpha value is -3.04. The number of Topliss-reactive ketones (excluding diaryl/α,β-unsaturated/α-hetero) is 1. The van der Waals surface area contributed by atoms with Gasteiger partial charge < -0.3 is 24.3 Å². The fraction of sp³-hybridized carbons (Fsp3) is 0.464. The van der Waals surface area contributed by atoms with Crippen molar-refractivity contribution in [3.63, 3.8) is 0 Å². The van der Waals surface area contributed by atoms with Crippen molar-refractivity contribution in [3.05, 3.63) is 58.9 Å². The minimum Gasteiger partial charge on any atom is -0.395 e. The number of carbonyl (C=O) groups is 1. The van der Waals surface area contributed by atoms with Crippen LogP contribution in [0.4, 0.5) is 13.2 Å². The number of halogens is 3. The predicted molar refractivity (Wildman–Crippen MR) is 131 cm³/mol. The number of benzene rings is 2. The third kappa shape index (κ3) is 4.48. The molecule has 2 aliphatic rings. The third-order valence-corrected chi connectivity index (χ3v) is 6.60. The van der Waals surface area contributed by atoms with Crippen molar-refractivity contribution in [2.75, 3.05) is 6.61 Å². The Kier molecular flexibility index (Phi) is 3.50. The number of carbonyl (C=O) groups excluding carboxylic acids is 1. The van der Waals surface area contributed by atoms with E-state index in [9.17, 15) is 23.8 Å². The molecular formula is C28H30F3NO5. The first kappa shape index (κ1) is 14.8. The molecule has 0 amide bonds. The first-order chi connectivity index (χ1) is 22.3. The summed E-state index contributed by atoms with van der Waals surface area (Å²) < 4.78 is 154. The van der Waals surface area contributed by atoms with Crippen molar-refractivity contribution >= 4 is 16.7 Å². The van der Waals surface area contributed by atoms with E-state index in [1.165, 1.54) is 6.92 Å². The molecule has 1 saturated carbocycles. The Morgan fingerprint density at radius 3 is 2.68 bits per heavy atom. The van der Waals surface area contributed by atoms with E-state index in [0.29, 0.717) is 0 Å². The van der Waals surface area contributed by atoms with Crippen LogP contribution in [0.5, 0.6) is 11.5 Å². The van der Waals surface area contributed by atoms with E-state index < -0.39 is 137 Å². The van der Waals surface area contributed by atoms with Crippen LogP contribution in [0.1, 0.15) is 73.2 Å². The monoisotopic (exact) mass is 529 g/mol. The van der Waals surface area contributed by atoms with Crippen LogP contribution in [0.25, 0.3) is 10.9 Å². The molecule has 0 saturated heterocycles. The van der Waals surface area contributed by atoms with E-state index in [0.717, 1.165) is 6.92 Å². The predicted octanol–water partition coefficient (Wildman–Crippen LogP) is 4.99. The number of rotatable bonds is 9. The van der Waals surface area contributed by atoms with E-state index >= 15 is 4.39 Å². The van der Waals surface area contributed by atoms with Crippen LogP contribution in [-0.4, -0.2) is 39.5 Å². The molecule has 0 radical (unpaired) electrons. The second-order valence-corrected chi connectivity index (χ2v) is 9.24. The molecule has 2 N–H and O–H groups in total. The first-order valence-corrected chi connectivity index (χ1v) is 11.4. The maximum Gasteiger partial charge on any atom is 0.586 e. The largest absolute Gasteiger partial charge is 0.586 e. The lowest BCUT2D eigenvalue weighted by molar-refractivity contribution is -0.286. The number of hydrogen-bond donors (Lipinski definition) is 2. The SMILES string of the molecule is [2H]c1c([2H])c(C2(C(=O)Cc3c(F)c([2H])c4c(c3[2H])c([2H])c(C(C)(CC)C([2H])([2H])[2H])n4C([2H])([2H])[C@]([2H])(O)CO)CC2)c([2H])c2c1OC(F)(F)O2. The van der Waals surface area contributed by atoms with Crippen LogP contribution < -0.4 is 9.47 Å². The molecule has 0 bridgehead atoms. The normalized spacial score (nSPS) is 25.8. The van der Waals surface area contributed by atoms with Gasteiger partial charge in [0.05, 0.1) is 42.5 Å². The highest BCUT2D eigenvalue weighted by molar-refractivity contribution is 5.95. The van der Waals surface area contributed by atoms with Gasteiger partial charge in [0.15, 0.2) is 11.5 Å². The van der Waals surface area contributed by atoms with Crippen LogP contribution in [0.2, 0.25) is 0 Å². The van der Waals surface area contributed by atoms with Gasteiger partial charge in [0.25, 0.3) is 0 Å². The highest BCUT2D eigenvalue weighted by Gasteiger charge is 2.52. The lowest BCUT2D eigenvalue weighted by Gasteiger charge is -2.26. The van der Waals surface area contributed by atoms with Gasteiger partial charge in [-0.2, -0.15) is 0 Å². The minimum atomic E-state index is -4.25. The second-order valence-electron chi connectivity index (χ2n) is 9.24. The van der Waals surface area contributed by atoms with Gasteiger partial charge in [0.2, 0.25) is 0 Å². The number of hydrogen-bond acceptors (Lipinski definition) is 5. The lowest BCUT2D eigenvalue weighted by atomic mass is 9.86. The Morgan fingerprint density at radius 1 is 1.30 bits per heavy atom. The highest BCUT2D eigenvalue weighted by Crippen LogP contribution is 2.52. The van der Waals surface area contributed by atoms with Gasteiger partial charge in [-0.3, -0.25) is 4.79 Å². The Morgan fingerprint density at radius 2 is 2.03 bits per heavy atom. The number of nitrogens with zero attached hydrogens (tertiary/aromatic N) is 1. The topological polar surface area (TPSA) is 80.9 Å². The zero-order valence-corrected chi connectivity index (χ0v) is 19.7. The number of aromatic nitrogens is 1. The number of aliphatic hydroxyl groups excluding tert-OH is 1. The zero-order chi connectivity index (χ0) is 37.2. The molecule has 1 unspecified atom stereocenters. The van der Waals surface area contributed by atoms with E-state index in [1.54, 1.807) is 0 Å². The number of ketones is 1. The Balaban J connectivity index is 1.75. The molecule has 1 fully saturated rings. The summed E-state index contributed by atoms with van der Waals surface area (Å²) in [5.41, 5.74) is -6.87. The molecule has 1 aliphatic carbocycles. The highest BCUT2D eigenvalue weighted by atomic mass is 19.3. The number of ether oxygens (including phenoxy) is 2. The molecule has 2 aromatic carbocycles. The summed E-state index contributed by atoms with van der Waals surface area (Å²) in [6.45, 7) is -5.60. The Bertz CT molecular complexity index is 1930. The smallest absolute Gasteiger partial charge is 0.395 e. The summed E-state index contributed by atoms with van der Waals surface area (Å²) in [7, 11) is 0. The number of alkyl halides is 2. The van der Waals surface area contributed by atoms with Gasteiger partial charge >= 0.3 is 6.29 Å². The minimum absolute atomic E-state index is 0.0783. The first-order valence-electron chi connectivity index (χ1n) is 17.4. The molecule has 3 aromatic rings. The molecule has 1 aliphatic heterocycles. The number of fused-ring (bicyclic) bond motifs is 2. The molecule has 2 heterocycles. The fourth-order valence-corrected chi connectivity index (χ4v) is 4.14. The molecule has 1 aromatic heterocycles. The summed E-state index contributed by atoms with van der Waals surface area (Å²) >= 11 is 0. The summed E-state index contributed by atoms with van der Waals surface area (Å²) in [5.74, 6) is -4.30. The molecular weight excluding hydrogens is 487 g/mol. The van der Waals surface area contributed by atoms with Gasteiger partial charge in [-0.1, -0.05) is 26.7 Å². The van der Waals surface area contributed by atoms with E-state index in [4.69, 9.17) is 16.4 Å². The van der Waals surface area contributed by atoms with E-state index in [2.05, 4.69) is 9.47 Å². The summed E-state index contributed by atoms with van der Waals surface area (Å²) in [6, 6.07) is -5.59. The average molecular weight is 530 g/mol. The van der Waals surface area contributed by atoms with Crippen molar-refractivity contribution in [2.24, 2.45) is 0 Å². The van der Waals surface area contributed by atoms with Crippen molar-refractivity contribution in [3.8, 4) is 11.5 Å². The van der Waals surface area contributed by atoms with Crippen LogP contribution >= 0.6 is 0 Å². The lowest BCUT2D eigenvalue weighted by Crippen LogP contribution is -2.26. The quantitative estimate of drug-likeness (QED) is 0.409. The van der Waals surface area contributed by atoms with Gasteiger partial charge in [-0.25, -0.2) is 4.39 Å². The van der Waals surface area contributed by atoms with Crippen LogP contribution in [0.15, 0.2) is 36.3 Å². The fourth-order valence-electron chi connectivity index (χ4n) is 4.14. The van der Waals surface area contributed by atoms with Crippen molar-refractivity contribution < 1.29 is 54.1 Å². The molecule has 6 nitrogen and oxygen atoms in total. The second kappa shape index (κ2) is 8.77. The summed E-state index contributed by atoms with van der Waals surface area (Å²) in [5, 5.41) is 19.5. The van der Waals surface area contributed by atoms with Gasteiger partial charge in [0, 0.05) is 27.0 Å². The van der Waals surface area contributed by atoms with Crippen LogP contribution in [-0.2, 0) is 28.5 Å². The zero-order valence-electron chi connectivity index (χ0n) is 31.7. The molecule has 9 heteroatoms. The summed E-state index contributed by atoms with van der Waals surface area (Å²) in [4.78, 5) is 13.9. The van der Waals surface area contributed by atoms with E-state index in [-0.39, 0.29) is 23.8 Å². The average Bonchev–Trinajstić information content (AvgIpc) is 3.64. The van der Waals surface area contributed by atoms with E-state index in [1.807, 2.05) is 0 Å². The van der Waals surface area contributed by atoms with Gasteiger partial charge in [-0.15, -0.1) is 8.78 Å². The number of aliphatic hydroxyl groups is 2. The van der Waals surface area contributed by atoms with Crippen molar-refractivity contribution in [2.45, 2.75) is 76.1 Å². The standard InChI is InChI=1S/C28H30F3NO5/c1-4-26(2,3)24-10-17-9-16(20(29)13-21(17)32(24)14-19(34)15-33)11-25(35)27(7-8-27)18-5-6-22-23(12-18)37-28(30,31)36-22/h5-6,9-10,12-13,19,33-34H,4,7-8,11,14-15H2,1-3H3/t19-/m0/s1/i2D3,5D,6D,9D,10D,12D,13D,14D2,19D/t19-,26?. The van der Waals surface area contributed by atoms with Gasteiger partial charge in [0.1, 0.15) is 11.6 Å². The van der Waals surface area contributed by atoms with Gasteiger partial charge in [-0.05, 0) is 60.6 Å². The molecule has 37 heavy (non-hydrogen) atoms. The maximum absolute atomic E-state index is 16.2. The van der Waals surface area contributed by atoms with Crippen molar-refractivity contribution in [1.29, 1.82) is 0 Å². The van der Waals surface area contributed by atoms with Crippen LogP contribution in [0.3, 0.4) is 0 Å². The van der Waals surface area contributed by atoms with Crippen LogP contribution in [0, 0.1) is 5.82 Å². The molecule has 5 rings (SSSR count). The summed E-state index contributed by atoms with van der Waals surface area (Å²) in [6.07, 6.45) is -9.19. The molecule has 198 valence electrons. The Labute approximate surface area is 229 Å².